The summed E-state index contributed by atoms with van der Waals surface area (Å²) in [7, 11) is 0. The summed E-state index contributed by atoms with van der Waals surface area (Å²) in [6, 6.07) is 16.1. The summed E-state index contributed by atoms with van der Waals surface area (Å²) in [5.41, 5.74) is 3.99. The van der Waals surface area contributed by atoms with Gasteiger partial charge in [0.2, 0.25) is 23.3 Å². The Labute approximate surface area is 186 Å². The minimum Gasteiger partial charge on any atom is -0.291 e. The van der Waals surface area contributed by atoms with E-state index >= 15 is 0 Å². The molecular weight excluding hydrogens is 402 g/mol. The first-order chi connectivity index (χ1) is 15.7. The molecule has 4 aromatic rings. The first-order valence-electron chi connectivity index (χ1n) is 10.6. The van der Waals surface area contributed by atoms with E-state index in [1.165, 1.54) is 0 Å². The molecule has 0 aliphatic carbocycles. The molecule has 0 aliphatic rings. The normalized spacial score (nSPS) is 10.6. The fraction of sp³-hybridized carbons (Fsp3) is 0.250. The summed E-state index contributed by atoms with van der Waals surface area (Å²) in [4.78, 5) is 16.6. The van der Waals surface area contributed by atoms with Gasteiger partial charge >= 0.3 is 0 Å². The first-order valence-corrected chi connectivity index (χ1v) is 10.6. The van der Waals surface area contributed by atoms with Crippen molar-refractivity contribution in [3.05, 3.63) is 65.7 Å². The van der Waals surface area contributed by atoms with Crippen molar-refractivity contribution >= 4 is 5.78 Å². The molecule has 0 aliphatic heterocycles. The van der Waals surface area contributed by atoms with Gasteiger partial charge < -0.3 is 0 Å². The van der Waals surface area contributed by atoms with Crippen LogP contribution in [0.2, 0.25) is 0 Å². The summed E-state index contributed by atoms with van der Waals surface area (Å²) in [5, 5.41) is 18.8. The van der Waals surface area contributed by atoms with E-state index in [1.807, 2.05) is 62.4 Å². The van der Waals surface area contributed by atoms with Gasteiger partial charge in [0.15, 0.2) is 0 Å². The average molecular weight is 425 g/mol. The molecule has 0 unspecified atom stereocenters. The first kappa shape index (κ1) is 21.1. The highest BCUT2D eigenvalue weighted by Crippen LogP contribution is 2.29. The number of tetrazole rings is 1. The number of hydrogen-bond acceptors (Lipinski definition) is 6. The van der Waals surface area contributed by atoms with Gasteiger partial charge in [-0.15, -0.1) is 15.3 Å². The molecule has 0 fully saturated rings. The maximum absolute atomic E-state index is 12.3. The molecule has 160 valence electrons. The fourth-order valence-electron chi connectivity index (χ4n) is 3.34. The van der Waals surface area contributed by atoms with Crippen LogP contribution in [0.3, 0.4) is 0 Å². The topological polar surface area (TPSA) is 102 Å². The summed E-state index contributed by atoms with van der Waals surface area (Å²) in [5.74, 6) is 7.29. The van der Waals surface area contributed by atoms with Crippen molar-refractivity contribution in [2.24, 2.45) is 0 Å². The number of benzene rings is 2. The lowest BCUT2D eigenvalue weighted by Crippen LogP contribution is -2.06. The lowest BCUT2D eigenvalue weighted by molar-refractivity contribution is 0.0971. The second kappa shape index (κ2) is 9.79. The predicted octanol–water partition coefficient (Wildman–Crippen LogP) is 3.92. The standard InChI is InChI=1S/C24H23N7O/c1-3-5-11-22-25-24(21(32)8-4-2)28-31(22)16-17-12-14-18(15-13-17)19-9-6-7-10-20(19)23-26-29-30-27-23/h6-7,9-10,12-15H,3-4,8,16H2,1-2H3,(H,26,27,29,30). The fourth-order valence-corrected chi connectivity index (χ4v) is 3.34. The Morgan fingerprint density at radius 2 is 1.84 bits per heavy atom. The van der Waals surface area contributed by atoms with E-state index < -0.39 is 0 Å². The zero-order valence-electron chi connectivity index (χ0n) is 18.0. The maximum atomic E-state index is 12.3. The van der Waals surface area contributed by atoms with Crippen LogP contribution in [0.15, 0.2) is 48.5 Å². The Hall–Kier alpha value is -4.12. The quantitative estimate of drug-likeness (QED) is 0.356. The number of carbonyl (C=O) groups excluding carboxylic acids is 1. The molecule has 0 radical (unpaired) electrons. The molecule has 2 aromatic heterocycles. The van der Waals surface area contributed by atoms with E-state index in [0.29, 0.717) is 31.0 Å². The third-order valence-electron chi connectivity index (χ3n) is 4.89. The van der Waals surface area contributed by atoms with Gasteiger partial charge in [-0.05, 0) is 34.2 Å². The van der Waals surface area contributed by atoms with Gasteiger partial charge in [-0.25, -0.2) is 4.68 Å². The van der Waals surface area contributed by atoms with E-state index in [9.17, 15) is 4.79 Å². The van der Waals surface area contributed by atoms with Crippen molar-refractivity contribution in [2.45, 2.75) is 39.7 Å². The molecule has 32 heavy (non-hydrogen) atoms. The van der Waals surface area contributed by atoms with Gasteiger partial charge in [-0.3, -0.25) is 4.79 Å². The van der Waals surface area contributed by atoms with E-state index in [1.54, 1.807) is 4.68 Å². The minimum atomic E-state index is -0.0563. The maximum Gasteiger partial charge on any atom is 0.218 e. The number of aromatic amines is 1. The number of H-pyrrole nitrogens is 1. The highest BCUT2D eigenvalue weighted by molar-refractivity contribution is 5.92. The third kappa shape index (κ3) is 4.62. The number of aromatic nitrogens is 7. The zero-order valence-corrected chi connectivity index (χ0v) is 18.0. The van der Waals surface area contributed by atoms with Crippen LogP contribution in [0, 0.1) is 11.8 Å². The molecule has 0 amide bonds. The summed E-state index contributed by atoms with van der Waals surface area (Å²) in [6.07, 6.45) is 1.90. The Morgan fingerprint density at radius 3 is 2.53 bits per heavy atom. The monoisotopic (exact) mass is 425 g/mol. The van der Waals surface area contributed by atoms with Crippen molar-refractivity contribution in [1.82, 2.24) is 35.4 Å². The number of Topliss-reactive ketones (excluding diaryl/α,β-unsaturated/α-hetero) is 1. The number of nitrogens with one attached hydrogen (secondary N) is 1. The molecule has 4 rings (SSSR count). The zero-order chi connectivity index (χ0) is 22.3. The molecule has 0 saturated carbocycles. The van der Waals surface area contributed by atoms with Gasteiger partial charge in [0.25, 0.3) is 0 Å². The number of nitrogens with zero attached hydrogens (tertiary/aromatic N) is 6. The summed E-state index contributed by atoms with van der Waals surface area (Å²) >= 11 is 0. The molecule has 0 bridgehead atoms. The minimum absolute atomic E-state index is 0.0563. The molecular formula is C24H23N7O. The van der Waals surface area contributed by atoms with Gasteiger partial charge in [0.05, 0.1) is 6.54 Å². The molecule has 0 spiro atoms. The number of carbonyl (C=O) groups is 1. The lowest BCUT2D eigenvalue weighted by atomic mass is 9.98. The molecule has 0 saturated heterocycles. The Balaban J connectivity index is 1.61. The highest BCUT2D eigenvalue weighted by Gasteiger charge is 2.15. The summed E-state index contributed by atoms with van der Waals surface area (Å²) in [6.45, 7) is 4.42. The molecule has 2 heterocycles. The van der Waals surface area contributed by atoms with E-state index in [-0.39, 0.29) is 11.6 Å². The largest absolute Gasteiger partial charge is 0.291 e. The molecule has 8 heteroatoms. The van der Waals surface area contributed by atoms with Crippen LogP contribution in [0.1, 0.15) is 55.1 Å². The second-order valence-corrected chi connectivity index (χ2v) is 7.22. The van der Waals surface area contributed by atoms with Gasteiger partial charge in [0, 0.05) is 18.4 Å². The van der Waals surface area contributed by atoms with E-state index in [0.717, 1.165) is 28.7 Å². The van der Waals surface area contributed by atoms with E-state index in [2.05, 4.69) is 42.5 Å². The molecule has 0 atom stereocenters. The highest BCUT2D eigenvalue weighted by atomic mass is 16.1. The van der Waals surface area contributed by atoms with Gasteiger partial charge in [-0.2, -0.15) is 10.2 Å². The Morgan fingerprint density at radius 1 is 1.06 bits per heavy atom. The number of ketones is 1. The SMILES string of the molecule is CCC#Cc1nc(C(=O)CCC)nn1Cc1ccc(-c2ccccc2-c2nn[nH]n2)cc1. The second-order valence-electron chi connectivity index (χ2n) is 7.22. The van der Waals surface area contributed by atoms with Crippen molar-refractivity contribution in [2.75, 3.05) is 0 Å². The Bertz CT molecular complexity index is 1260. The van der Waals surface area contributed by atoms with Crippen LogP contribution in [0.4, 0.5) is 0 Å². The van der Waals surface area contributed by atoms with Crippen LogP contribution in [0.25, 0.3) is 22.5 Å². The van der Waals surface area contributed by atoms with Crippen LogP contribution in [-0.2, 0) is 6.54 Å². The van der Waals surface area contributed by atoms with Crippen LogP contribution >= 0.6 is 0 Å². The van der Waals surface area contributed by atoms with Crippen molar-refractivity contribution in [3.8, 4) is 34.4 Å². The van der Waals surface area contributed by atoms with Crippen molar-refractivity contribution in [1.29, 1.82) is 0 Å². The van der Waals surface area contributed by atoms with Gasteiger partial charge in [0.1, 0.15) is 0 Å². The summed E-state index contributed by atoms with van der Waals surface area (Å²) < 4.78 is 1.70. The Kier molecular flexibility index (Phi) is 6.46. The molecule has 2 aromatic carbocycles. The predicted molar refractivity (Wildman–Crippen MR) is 121 cm³/mol. The van der Waals surface area contributed by atoms with Crippen LogP contribution in [0.5, 0.6) is 0 Å². The molecule has 1 N–H and O–H groups in total. The van der Waals surface area contributed by atoms with Crippen LogP contribution in [-0.4, -0.2) is 41.2 Å². The van der Waals surface area contributed by atoms with Gasteiger partial charge in [-0.1, -0.05) is 68.3 Å². The van der Waals surface area contributed by atoms with E-state index in [4.69, 9.17) is 0 Å². The number of hydrogen-bond donors (Lipinski definition) is 1. The van der Waals surface area contributed by atoms with Crippen LogP contribution < -0.4 is 0 Å². The third-order valence-corrected chi connectivity index (χ3v) is 4.89. The van der Waals surface area contributed by atoms with Crippen molar-refractivity contribution in [3.63, 3.8) is 0 Å². The number of rotatable bonds is 7. The average Bonchev–Trinajstić information content (AvgIpc) is 3.49. The smallest absolute Gasteiger partial charge is 0.218 e. The molecule has 8 nitrogen and oxygen atoms in total. The van der Waals surface area contributed by atoms with Crippen molar-refractivity contribution < 1.29 is 4.79 Å². The lowest BCUT2D eigenvalue weighted by Gasteiger charge is -2.08.